The molecule has 1 N–H and O–H groups in total. The van der Waals surface area contributed by atoms with Crippen LogP contribution < -0.4 is 0 Å². The number of hydrogen-bond donors (Lipinski definition) is 1. The summed E-state index contributed by atoms with van der Waals surface area (Å²) in [7, 11) is 0. The van der Waals surface area contributed by atoms with Crippen molar-refractivity contribution in [3.8, 4) is 0 Å². The summed E-state index contributed by atoms with van der Waals surface area (Å²) in [4.78, 5) is 26.8. The number of hydrogen-bond acceptors (Lipinski definition) is 2. The number of carbonyl (C=O) groups excluding carboxylic acids is 1. The zero-order chi connectivity index (χ0) is 17.1. The number of piperidine rings is 1. The topological polar surface area (TPSA) is 57.6 Å². The van der Waals surface area contributed by atoms with Crippen LogP contribution >= 0.6 is 0 Å². The lowest BCUT2D eigenvalue weighted by Crippen LogP contribution is -2.51. The molecule has 0 bridgehead atoms. The number of benzene rings is 1. The van der Waals surface area contributed by atoms with Crippen LogP contribution in [0.3, 0.4) is 0 Å². The summed E-state index contributed by atoms with van der Waals surface area (Å²) >= 11 is 0. The van der Waals surface area contributed by atoms with Crippen molar-refractivity contribution in [2.45, 2.75) is 38.6 Å². The average Bonchev–Trinajstić information content (AvgIpc) is 2.61. The maximum Gasteiger partial charge on any atom is 0.307 e. The van der Waals surface area contributed by atoms with E-state index in [0.29, 0.717) is 13.0 Å². The van der Waals surface area contributed by atoms with Crippen LogP contribution in [-0.2, 0) is 9.59 Å². The van der Waals surface area contributed by atoms with Crippen molar-refractivity contribution < 1.29 is 14.7 Å². The second-order valence-corrected chi connectivity index (χ2v) is 6.83. The first-order valence-electron chi connectivity index (χ1n) is 8.88. The van der Waals surface area contributed by atoms with Gasteiger partial charge in [-0.15, -0.1) is 0 Å². The van der Waals surface area contributed by atoms with Crippen molar-refractivity contribution in [2.24, 2.45) is 17.8 Å². The van der Waals surface area contributed by atoms with Crippen LogP contribution in [-0.4, -0.2) is 28.4 Å². The van der Waals surface area contributed by atoms with Crippen LogP contribution in [0.4, 0.5) is 0 Å². The number of rotatable bonds is 5. The number of fused-ring (bicyclic) bond motifs is 1. The molecule has 24 heavy (non-hydrogen) atoms. The second kappa shape index (κ2) is 7.20. The Morgan fingerprint density at radius 1 is 1.33 bits per heavy atom. The Kier molecular flexibility index (Phi) is 5.03. The van der Waals surface area contributed by atoms with Gasteiger partial charge in [0.05, 0.1) is 17.9 Å². The minimum atomic E-state index is -0.851. The predicted molar refractivity (Wildman–Crippen MR) is 92.3 cm³/mol. The molecule has 4 heteroatoms. The Bertz CT molecular complexity index is 625. The number of carbonyl (C=O) groups is 2. The third-order valence-electron chi connectivity index (χ3n) is 5.38. The van der Waals surface area contributed by atoms with Gasteiger partial charge in [-0.1, -0.05) is 55.8 Å². The fourth-order valence-electron chi connectivity index (χ4n) is 4.20. The van der Waals surface area contributed by atoms with E-state index in [2.05, 4.69) is 25.1 Å². The molecule has 0 radical (unpaired) electrons. The maximum atomic E-state index is 13.2. The van der Waals surface area contributed by atoms with Crippen molar-refractivity contribution in [1.29, 1.82) is 0 Å². The van der Waals surface area contributed by atoms with Crippen LogP contribution in [0, 0.1) is 17.8 Å². The molecule has 1 aromatic rings. The third kappa shape index (κ3) is 3.10. The predicted octanol–water partition coefficient (Wildman–Crippen LogP) is 3.65. The normalized spacial score (nSPS) is 27.6. The molecule has 4 atom stereocenters. The van der Waals surface area contributed by atoms with E-state index in [0.717, 1.165) is 24.8 Å². The van der Waals surface area contributed by atoms with Gasteiger partial charge < -0.3 is 10.0 Å². The summed E-state index contributed by atoms with van der Waals surface area (Å²) in [5.41, 5.74) is 1.14. The van der Waals surface area contributed by atoms with E-state index in [-0.39, 0.29) is 17.9 Å². The van der Waals surface area contributed by atoms with Gasteiger partial charge in [0.1, 0.15) is 0 Å². The van der Waals surface area contributed by atoms with Gasteiger partial charge in [0, 0.05) is 6.54 Å². The molecule has 0 spiro atoms. The van der Waals surface area contributed by atoms with Crippen LogP contribution in [0.2, 0.25) is 0 Å². The summed E-state index contributed by atoms with van der Waals surface area (Å²) in [5.74, 6) is -1.76. The lowest BCUT2D eigenvalue weighted by Gasteiger charge is -2.44. The molecule has 0 aromatic heterocycles. The molecule has 1 aromatic carbocycles. The van der Waals surface area contributed by atoms with Crippen molar-refractivity contribution in [3.05, 3.63) is 48.0 Å². The Hall–Kier alpha value is -2.10. The molecule has 1 saturated heterocycles. The fourth-order valence-corrected chi connectivity index (χ4v) is 4.20. The zero-order valence-electron chi connectivity index (χ0n) is 14.1. The van der Waals surface area contributed by atoms with Gasteiger partial charge in [0.25, 0.3) is 0 Å². The smallest absolute Gasteiger partial charge is 0.307 e. The molecule has 1 aliphatic heterocycles. The van der Waals surface area contributed by atoms with E-state index in [1.165, 1.54) is 0 Å². The standard InChI is InChI=1S/C20H25NO3/c1-2-7-17(14-8-4-3-5-9-14)21-13-12-15-10-6-11-16(20(23)24)18(15)19(21)22/h3-6,8-10,15-18H,2,7,11-13H2,1H3,(H,23,24). The molecule has 1 fully saturated rings. The minimum Gasteiger partial charge on any atom is -0.481 e. The van der Waals surface area contributed by atoms with Gasteiger partial charge >= 0.3 is 5.97 Å². The quantitative estimate of drug-likeness (QED) is 0.840. The Labute approximate surface area is 143 Å². The maximum absolute atomic E-state index is 13.2. The second-order valence-electron chi connectivity index (χ2n) is 6.83. The van der Waals surface area contributed by atoms with Crippen LogP contribution in [0.25, 0.3) is 0 Å². The Morgan fingerprint density at radius 2 is 2.08 bits per heavy atom. The number of allylic oxidation sites excluding steroid dienone is 2. The lowest BCUT2D eigenvalue weighted by molar-refractivity contribution is -0.156. The zero-order valence-corrected chi connectivity index (χ0v) is 14.1. The molecule has 2 aliphatic rings. The van der Waals surface area contributed by atoms with Gasteiger partial charge in [0.15, 0.2) is 0 Å². The number of likely N-dealkylation sites (tertiary alicyclic amines) is 1. The summed E-state index contributed by atoms with van der Waals surface area (Å²) in [5, 5.41) is 9.54. The highest BCUT2D eigenvalue weighted by Gasteiger charge is 2.46. The third-order valence-corrected chi connectivity index (χ3v) is 5.38. The average molecular weight is 327 g/mol. The van der Waals surface area contributed by atoms with Crippen LogP contribution in [0.15, 0.2) is 42.5 Å². The van der Waals surface area contributed by atoms with Crippen molar-refractivity contribution in [3.63, 3.8) is 0 Å². The molecule has 1 aliphatic carbocycles. The molecule has 3 rings (SSSR count). The lowest BCUT2D eigenvalue weighted by atomic mass is 9.71. The van der Waals surface area contributed by atoms with Gasteiger partial charge in [0.2, 0.25) is 5.91 Å². The number of carboxylic acids is 1. The first kappa shape index (κ1) is 16.7. The van der Waals surface area contributed by atoms with Crippen LogP contribution in [0.5, 0.6) is 0 Å². The first-order chi connectivity index (χ1) is 11.6. The van der Waals surface area contributed by atoms with Gasteiger partial charge in [-0.2, -0.15) is 0 Å². The molecule has 0 saturated carbocycles. The highest BCUT2D eigenvalue weighted by Crippen LogP contribution is 2.40. The number of amides is 1. The molecule has 128 valence electrons. The molecular formula is C20H25NO3. The SMILES string of the molecule is CCCC(c1ccccc1)N1CCC2C=CCC(C(=O)O)C2C1=O. The summed E-state index contributed by atoms with van der Waals surface area (Å²) < 4.78 is 0. The molecular weight excluding hydrogens is 302 g/mol. The van der Waals surface area contributed by atoms with E-state index >= 15 is 0 Å². The Morgan fingerprint density at radius 3 is 2.75 bits per heavy atom. The monoisotopic (exact) mass is 327 g/mol. The number of aliphatic carboxylic acids is 1. The van der Waals surface area contributed by atoms with E-state index in [1.54, 1.807) is 0 Å². The summed E-state index contributed by atoms with van der Waals surface area (Å²) in [6, 6.07) is 10.2. The van der Waals surface area contributed by atoms with Gasteiger partial charge in [-0.25, -0.2) is 0 Å². The van der Waals surface area contributed by atoms with E-state index in [4.69, 9.17) is 0 Å². The Balaban J connectivity index is 1.89. The van der Waals surface area contributed by atoms with Crippen molar-refractivity contribution in [1.82, 2.24) is 4.90 Å². The molecule has 4 unspecified atom stereocenters. The summed E-state index contributed by atoms with van der Waals surface area (Å²) in [6.07, 6.45) is 7.18. The molecule has 4 nitrogen and oxygen atoms in total. The number of nitrogens with zero attached hydrogens (tertiary/aromatic N) is 1. The van der Waals surface area contributed by atoms with Crippen molar-refractivity contribution in [2.75, 3.05) is 6.54 Å². The van der Waals surface area contributed by atoms with Crippen molar-refractivity contribution >= 4 is 11.9 Å². The fraction of sp³-hybridized carbons (Fsp3) is 0.500. The summed E-state index contributed by atoms with van der Waals surface area (Å²) in [6.45, 7) is 2.83. The highest BCUT2D eigenvalue weighted by molar-refractivity contribution is 5.86. The highest BCUT2D eigenvalue weighted by atomic mass is 16.4. The van der Waals surface area contributed by atoms with Gasteiger partial charge in [-0.3, -0.25) is 9.59 Å². The van der Waals surface area contributed by atoms with Crippen LogP contribution in [0.1, 0.15) is 44.2 Å². The molecule has 1 heterocycles. The van der Waals surface area contributed by atoms with Gasteiger partial charge in [-0.05, 0) is 30.7 Å². The van der Waals surface area contributed by atoms with E-state index in [1.807, 2.05) is 29.2 Å². The molecule has 1 amide bonds. The minimum absolute atomic E-state index is 0.0188. The van der Waals surface area contributed by atoms with E-state index in [9.17, 15) is 14.7 Å². The largest absolute Gasteiger partial charge is 0.481 e. The number of carboxylic acid groups (broad SMARTS) is 1. The van der Waals surface area contributed by atoms with E-state index < -0.39 is 17.8 Å². The first-order valence-corrected chi connectivity index (χ1v) is 8.88.